The molecule has 0 saturated carbocycles. The van der Waals surface area contributed by atoms with Crippen LogP contribution in [0.15, 0.2) is 18.2 Å². The first kappa shape index (κ1) is 12.8. The van der Waals surface area contributed by atoms with Crippen LogP contribution in [0.4, 0.5) is 0 Å². The van der Waals surface area contributed by atoms with Gasteiger partial charge in [0.1, 0.15) is 18.1 Å². The molecule has 1 aromatic rings. The van der Waals surface area contributed by atoms with Crippen molar-refractivity contribution in [2.45, 2.75) is 25.4 Å². The lowest BCUT2D eigenvalue weighted by Crippen LogP contribution is -2.31. The van der Waals surface area contributed by atoms with Crippen molar-refractivity contribution in [3.63, 3.8) is 0 Å². The lowest BCUT2D eigenvalue weighted by Gasteiger charge is -2.26. The summed E-state index contributed by atoms with van der Waals surface area (Å²) < 4.78 is 5.75. The Morgan fingerprint density at radius 2 is 2.35 bits per heavy atom. The van der Waals surface area contributed by atoms with Crippen LogP contribution in [0.3, 0.4) is 0 Å². The molecule has 0 aromatic heterocycles. The summed E-state index contributed by atoms with van der Waals surface area (Å²) in [6.07, 6.45) is 1.76. The van der Waals surface area contributed by atoms with E-state index in [0.29, 0.717) is 17.5 Å². The van der Waals surface area contributed by atoms with E-state index in [9.17, 15) is 4.79 Å². The molecular formula is C13H15ClO2S. The number of carbonyl (C=O) groups is 1. The van der Waals surface area contributed by atoms with E-state index in [0.717, 1.165) is 29.1 Å². The van der Waals surface area contributed by atoms with Gasteiger partial charge in [-0.25, -0.2) is 0 Å². The molecule has 1 unspecified atom stereocenters. The Hall–Kier alpha value is -0.670. The van der Waals surface area contributed by atoms with Crippen molar-refractivity contribution in [2.75, 3.05) is 11.5 Å². The van der Waals surface area contributed by atoms with Gasteiger partial charge < -0.3 is 9.53 Å². The third-order valence-corrected chi connectivity index (χ3v) is 4.39. The van der Waals surface area contributed by atoms with Crippen LogP contribution in [-0.2, 0) is 4.79 Å². The first-order valence-electron chi connectivity index (χ1n) is 5.68. The Labute approximate surface area is 111 Å². The maximum Gasteiger partial charge on any atom is 0.138 e. The van der Waals surface area contributed by atoms with Crippen molar-refractivity contribution >= 4 is 29.6 Å². The highest BCUT2D eigenvalue weighted by molar-refractivity contribution is 8.00. The maximum atomic E-state index is 10.5. The first-order valence-corrected chi connectivity index (χ1v) is 7.21. The summed E-state index contributed by atoms with van der Waals surface area (Å²) >= 11 is 8.06. The summed E-state index contributed by atoms with van der Waals surface area (Å²) in [5, 5.41) is 0.636. The predicted molar refractivity (Wildman–Crippen MR) is 72.3 cm³/mol. The minimum Gasteiger partial charge on any atom is -0.487 e. The van der Waals surface area contributed by atoms with Crippen molar-refractivity contribution in [1.82, 2.24) is 0 Å². The minimum absolute atomic E-state index is 0.207. The molecule has 0 amide bonds. The van der Waals surface area contributed by atoms with Crippen LogP contribution in [0.5, 0.6) is 5.75 Å². The zero-order chi connectivity index (χ0) is 12.3. The number of ether oxygens (including phenoxy) is 1. The average Bonchev–Trinajstić information content (AvgIpc) is 2.25. The Balaban J connectivity index is 2.07. The molecule has 1 aromatic carbocycles. The summed E-state index contributed by atoms with van der Waals surface area (Å²) in [4.78, 5) is 10.5. The fourth-order valence-corrected chi connectivity index (χ4v) is 2.46. The van der Waals surface area contributed by atoms with Crippen molar-refractivity contribution in [2.24, 2.45) is 0 Å². The molecule has 0 N–H and O–H groups in total. The van der Waals surface area contributed by atoms with E-state index in [4.69, 9.17) is 16.3 Å². The van der Waals surface area contributed by atoms with Gasteiger partial charge in [-0.1, -0.05) is 24.6 Å². The second-order valence-corrected chi connectivity index (χ2v) is 5.75. The van der Waals surface area contributed by atoms with E-state index in [-0.39, 0.29) is 5.92 Å². The van der Waals surface area contributed by atoms with Crippen molar-refractivity contribution in [3.05, 3.63) is 28.8 Å². The molecule has 1 heterocycles. The summed E-state index contributed by atoms with van der Waals surface area (Å²) in [5.74, 6) is 3.04. The van der Waals surface area contributed by atoms with Crippen LogP contribution < -0.4 is 4.74 Å². The molecule has 4 heteroatoms. The van der Waals surface area contributed by atoms with Crippen molar-refractivity contribution < 1.29 is 9.53 Å². The Bertz CT molecular complexity index is 404. The molecule has 1 fully saturated rings. The molecule has 1 atom stereocenters. The number of carbonyl (C=O) groups excluding carboxylic acids is 1. The average molecular weight is 271 g/mol. The number of thioether (sulfide) groups is 1. The molecule has 1 aliphatic rings. The quantitative estimate of drug-likeness (QED) is 0.766. The summed E-state index contributed by atoms with van der Waals surface area (Å²) in [7, 11) is 0. The van der Waals surface area contributed by atoms with E-state index < -0.39 is 0 Å². The normalized spacial score (nSPS) is 17.3. The Morgan fingerprint density at radius 3 is 2.88 bits per heavy atom. The molecule has 0 bridgehead atoms. The molecule has 2 nitrogen and oxygen atoms in total. The standard InChI is InChI=1S/C13H15ClO2S/c1-9(4-5-15)10-2-3-13(12(14)6-10)16-11-7-17-8-11/h2-3,5-6,9,11H,4,7-8H2,1H3. The van der Waals surface area contributed by atoms with Gasteiger partial charge in [0.2, 0.25) is 0 Å². The predicted octanol–water partition coefficient (Wildman–Crippen LogP) is 3.53. The van der Waals surface area contributed by atoms with Gasteiger partial charge in [-0.3, -0.25) is 0 Å². The van der Waals surface area contributed by atoms with Gasteiger partial charge in [-0.15, -0.1) is 0 Å². The van der Waals surface area contributed by atoms with Crippen LogP contribution in [-0.4, -0.2) is 23.9 Å². The van der Waals surface area contributed by atoms with E-state index in [1.165, 1.54) is 0 Å². The summed E-state index contributed by atoms with van der Waals surface area (Å²) in [5.41, 5.74) is 1.08. The molecule has 17 heavy (non-hydrogen) atoms. The second kappa shape index (κ2) is 5.78. The third kappa shape index (κ3) is 3.17. The van der Waals surface area contributed by atoms with E-state index in [2.05, 4.69) is 0 Å². The molecule has 0 spiro atoms. The number of benzene rings is 1. The molecule has 92 valence electrons. The molecule has 0 radical (unpaired) electrons. The van der Waals surface area contributed by atoms with Gasteiger partial charge >= 0.3 is 0 Å². The molecular weight excluding hydrogens is 256 g/mol. The van der Waals surface area contributed by atoms with Crippen LogP contribution in [0.25, 0.3) is 0 Å². The van der Waals surface area contributed by atoms with Gasteiger partial charge in [0, 0.05) is 17.9 Å². The second-order valence-electron chi connectivity index (χ2n) is 4.27. The van der Waals surface area contributed by atoms with Gasteiger partial charge in [0.15, 0.2) is 0 Å². The number of rotatable bonds is 5. The van der Waals surface area contributed by atoms with Gasteiger partial charge in [-0.2, -0.15) is 11.8 Å². The van der Waals surface area contributed by atoms with Crippen molar-refractivity contribution in [3.8, 4) is 5.75 Å². The van der Waals surface area contributed by atoms with Crippen LogP contribution in [0, 0.1) is 0 Å². The highest BCUT2D eigenvalue weighted by Gasteiger charge is 2.21. The topological polar surface area (TPSA) is 26.3 Å². The third-order valence-electron chi connectivity index (χ3n) is 2.88. The zero-order valence-corrected chi connectivity index (χ0v) is 11.3. The lowest BCUT2D eigenvalue weighted by molar-refractivity contribution is -0.108. The number of hydrogen-bond acceptors (Lipinski definition) is 3. The lowest BCUT2D eigenvalue weighted by atomic mass is 9.98. The van der Waals surface area contributed by atoms with Gasteiger partial charge in [0.05, 0.1) is 5.02 Å². The van der Waals surface area contributed by atoms with E-state index >= 15 is 0 Å². The summed E-state index contributed by atoms with van der Waals surface area (Å²) in [6.45, 7) is 2.02. The molecule has 1 aliphatic heterocycles. The SMILES string of the molecule is CC(CC=O)c1ccc(OC2CSC2)c(Cl)c1. The van der Waals surface area contributed by atoms with Gasteiger partial charge in [-0.05, 0) is 23.6 Å². The molecule has 1 saturated heterocycles. The first-order chi connectivity index (χ1) is 8.20. The highest BCUT2D eigenvalue weighted by atomic mass is 35.5. The number of aldehydes is 1. The maximum absolute atomic E-state index is 10.5. The number of halogens is 1. The van der Waals surface area contributed by atoms with Gasteiger partial charge in [0.25, 0.3) is 0 Å². The largest absolute Gasteiger partial charge is 0.487 e. The monoisotopic (exact) mass is 270 g/mol. The van der Waals surface area contributed by atoms with E-state index in [1.807, 2.05) is 36.9 Å². The van der Waals surface area contributed by atoms with Crippen LogP contribution in [0.2, 0.25) is 5.02 Å². The molecule has 2 rings (SSSR count). The smallest absolute Gasteiger partial charge is 0.138 e. The van der Waals surface area contributed by atoms with Crippen molar-refractivity contribution in [1.29, 1.82) is 0 Å². The molecule has 0 aliphatic carbocycles. The Morgan fingerprint density at radius 1 is 1.59 bits per heavy atom. The Kier molecular flexibility index (Phi) is 4.35. The van der Waals surface area contributed by atoms with Crippen LogP contribution in [0.1, 0.15) is 24.8 Å². The zero-order valence-electron chi connectivity index (χ0n) is 9.69. The summed E-state index contributed by atoms with van der Waals surface area (Å²) in [6, 6.07) is 5.79. The van der Waals surface area contributed by atoms with E-state index in [1.54, 1.807) is 0 Å². The minimum atomic E-state index is 0.207. The fourth-order valence-electron chi connectivity index (χ4n) is 1.66. The van der Waals surface area contributed by atoms with Crippen LogP contribution >= 0.6 is 23.4 Å². The fraction of sp³-hybridized carbons (Fsp3) is 0.462. The highest BCUT2D eigenvalue weighted by Crippen LogP contribution is 2.32. The number of hydrogen-bond donors (Lipinski definition) is 0.